The maximum absolute atomic E-state index is 13.7. The minimum atomic E-state index is -1.29. The summed E-state index contributed by atoms with van der Waals surface area (Å²) in [7, 11) is 0. The standard InChI is InChI=1S/C31H35N3O6/c1-6-38-28(36)31(16-15-19(31)2)33-26(35)25-17-20(18-34(25)29(37)40-30(3,4)5)39-27-23-13-8-7-11-21(23)22-12-9-10-14-24(22)32-27/h7-14,20,25H,2,6,15-18H2,1,3-5H3,(H,33,35)/t20-,25+,31?/m1/s1. The Hall–Kier alpha value is -4.14. The monoisotopic (exact) mass is 545 g/mol. The molecule has 2 heterocycles. The lowest BCUT2D eigenvalue weighted by Crippen LogP contribution is -2.64. The number of para-hydroxylation sites is 1. The average Bonchev–Trinajstić information content (AvgIpc) is 3.34. The Balaban J connectivity index is 1.44. The number of pyridine rings is 1. The average molecular weight is 546 g/mol. The van der Waals surface area contributed by atoms with Crippen LogP contribution in [0.5, 0.6) is 5.88 Å². The molecule has 2 fully saturated rings. The molecule has 0 spiro atoms. The molecule has 0 bridgehead atoms. The van der Waals surface area contributed by atoms with Gasteiger partial charge < -0.3 is 19.5 Å². The predicted molar refractivity (Wildman–Crippen MR) is 151 cm³/mol. The molecule has 40 heavy (non-hydrogen) atoms. The third kappa shape index (κ3) is 5.08. The lowest BCUT2D eigenvalue weighted by Gasteiger charge is -2.43. The number of nitrogens with zero attached hydrogens (tertiary/aromatic N) is 2. The van der Waals surface area contributed by atoms with E-state index in [1.54, 1.807) is 27.7 Å². The molecule has 1 saturated carbocycles. The summed E-state index contributed by atoms with van der Waals surface area (Å²) in [6.07, 6.45) is 0.0181. The summed E-state index contributed by atoms with van der Waals surface area (Å²) in [4.78, 5) is 45.9. The molecule has 1 aliphatic carbocycles. The highest BCUT2D eigenvalue weighted by molar-refractivity contribution is 6.07. The van der Waals surface area contributed by atoms with Crippen molar-refractivity contribution in [2.24, 2.45) is 0 Å². The van der Waals surface area contributed by atoms with Crippen LogP contribution >= 0.6 is 0 Å². The van der Waals surface area contributed by atoms with Gasteiger partial charge in [0.05, 0.1) is 18.7 Å². The molecule has 2 aromatic carbocycles. The zero-order valence-electron chi connectivity index (χ0n) is 23.4. The molecule has 9 heteroatoms. The van der Waals surface area contributed by atoms with Gasteiger partial charge in [-0.3, -0.25) is 9.69 Å². The molecule has 2 aliphatic rings. The van der Waals surface area contributed by atoms with Crippen molar-refractivity contribution in [2.75, 3.05) is 13.2 Å². The zero-order chi connectivity index (χ0) is 28.7. The largest absolute Gasteiger partial charge is 0.472 e. The van der Waals surface area contributed by atoms with Gasteiger partial charge in [-0.05, 0) is 63.6 Å². The van der Waals surface area contributed by atoms with Crippen LogP contribution in [0, 0.1) is 0 Å². The molecule has 1 aliphatic heterocycles. The number of likely N-dealkylation sites (tertiary alicyclic amines) is 1. The van der Waals surface area contributed by atoms with Gasteiger partial charge in [-0.1, -0.05) is 43.0 Å². The van der Waals surface area contributed by atoms with Crippen molar-refractivity contribution in [1.82, 2.24) is 15.2 Å². The van der Waals surface area contributed by atoms with Crippen molar-refractivity contribution in [1.29, 1.82) is 0 Å². The first-order chi connectivity index (χ1) is 19.0. The first-order valence-electron chi connectivity index (χ1n) is 13.6. The summed E-state index contributed by atoms with van der Waals surface area (Å²) in [5.41, 5.74) is -0.684. The van der Waals surface area contributed by atoms with Crippen LogP contribution in [0.1, 0.15) is 47.0 Å². The van der Waals surface area contributed by atoms with Crippen LogP contribution in [-0.2, 0) is 19.1 Å². The number of carbonyl (C=O) groups is 3. The van der Waals surface area contributed by atoms with Crippen molar-refractivity contribution in [3.63, 3.8) is 0 Å². The molecule has 0 radical (unpaired) electrons. The van der Waals surface area contributed by atoms with Gasteiger partial charge in [0.1, 0.15) is 17.7 Å². The van der Waals surface area contributed by atoms with Gasteiger partial charge in [0.15, 0.2) is 5.54 Å². The van der Waals surface area contributed by atoms with E-state index in [1.165, 1.54) is 4.90 Å². The van der Waals surface area contributed by atoms with Crippen LogP contribution in [0.4, 0.5) is 4.79 Å². The van der Waals surface area contributed by atoms with Gasteiger partial charge in [-0.15, -0.1) is 0 Å². The number of fused-ring (bicyclic) bond motifs is 3. The highest BCUT2D eigenvalue weighted by atomic mass is 16.6. The third-order valence-corrected chi connectivity index (χ3v) is 7.41. The Labute approximate surface area is 233 Å². The Morgan fingerprint density at radius 3 is 2.38 bits per heavy atom. The van der Waals surface area contributed by atoms with Crippen molar-refractivity contribution in [2.45, 2.75) is 70.2 Å². The summed E-state index contributed by atoms with van der Waals surface area (Å²) in [6, 6.07) is 14.7. The van der Waals surface area contributed by atoms with Gasteiger partial charge in [0.2, 0.25) is 11.8 Å². The summed E-state index contributed by atoms with van der Waals surface area (Å²) in [5.74, 6) is -0.594. The summed E-state index contributed by atoms with van der Waals surface area (Å²) >= 11 is 0. The maximum atomic E-state index is 13.7. The number of benzene rings is 2. The number of amides is 2. The molecular formula is C31H35N3O6. The maximum Gasteiger partial charge on any atom is 0.411 e. The Bertz CT molecular complexity index is 1500. The first kappa shape index (κ1) is 27.4. The van der Waals surface area contributed by atoms with E-state index in [1.807, 2.05) is 48.5 Å². The van der Waals surface area contributed by atoms with Crippen molar-refractivity contribution in [3.8, 4) is 5.88 Å². The fourth-order valence-electron chi connectivity index (χ4n) is 5.32. The second-order valence-corrected chi connectivity index (χ2v) is 11.3. The lowest BCUT2D eigenvalue weighted by atomic mass is 9.72. The van der Waals surface area contributed by atoms with E-state index in [4.69, 9.17) is 19.2 Å². The molecule has 2 amide bonds. The van der Waals surface area contributed by atoms with Crippen LogP contribution in [0.2, 0.25) is 0 Å². The molecular weight excluding hydrogens is 510 g/mol. The highest BCUT2D eigenvalue weighted by Gasteiger charge is 2.53. The van der Waals surface area contributed by atoms with E-state index < -0.39 is 41.3 Å². The minimum absolute atomic E-state index is 0.114. The summed E-state index contributed by atoms with van der Waals surface area (Å²) in [5, 5.41) is 5.70. The number of ether oxygens (including phenoxy) is 3. The molecule has 1 N–H and O–H groups in total. The number of rotatable bonds is 6. The second kappa shape index (κ2) is 10.4. The Morgan fingerprint density at radius 1 is 1.07 bits per heavy atom. The zero-order valence-corrected chi connectivity index (χ0v) is 23.4. The Kier molecular flexibility index (Phi) is 7.16. The van der Waals surface area contributed by atoms with Crippen LogP contribution in [0.3, 0.4) is 0 Å². The van der Waals surface area contributed by atoms with Crippen LogP contribution in [0.25, 0.3) is 21.7 Å². The predicted octanol–water partition coefficient (Wildman–Crippen LogP) is 4.91. The fraction of sp³-hybridized carbons (Fsp3) is 0.419. The van der Waals surface area contributed by atoms with Crippen molar-refractivity contribution >= 4 is 39.6 Å². The molecule has 3 atom stereocenters. The van der Waals surface area contributed by atoms with Gasteiger partial charge in [0.25, 0.3) is 0 Å². The normalized spacial score (nSPS) is 22.6. The highest BCUT2D eigenvalue weighted by Crippen LogP contribution is 2.39. The number of hydrogen-bond acceptors (Lipinski definition) is 7. The molecule has 9 nitrogen and oxygen atoms in total. The number of hydrogen-bond donors (Lipinski definition) is 1. The van der Waals surface area contributed by atoms with Gasteiger partial charge in [-0.25, -0.2) is 14.6 Å². The number of carbonyl (C=O) groups excluding carboxylic acids is 3. The van der Waals surface area contributed by atoms with Gasteiger partial charge in [0, 0.05) is 17.2 Å². The van der Waals surface area contributed by atoms with Crippen LogP contribution in [-0.4, -0.2) is 64.3 Å². The summed E-state index contributed by atoms with van der Waals surface area (Å²) < 4.78 is 17.3. The number of esters is 1. The molecule has 210 valence electrons. The molecule has 5 rings (SSSR count). The lowest BCUT2D eigenvalue weighted by molar-refractivity contribution is -0.154. The van der Waals surface area contributed by atoms with Crippen LogP contribution < -0.4 is 10.1 Å². The topological polar surface area (TPSA) is 107 Å². The SMILES string of the molecule is C=C1CCC1(NC(=O)[C@@H]1C[C@@H](Oc2nc3ccccc3c3ccccc23)CN1C(=O)OC(C)(C)C)C(=O)OCC. The van der Waals surface area contributed by atoms with Crippen molar-refractivity contribution < 1.29 is 28.6 Å². The number of aromatic nitrogens is 1. The van der Waals surface area contributed by atoms with E-state index in [0.29, 0.717) is 24.3 Å². The quantitative estimate of drug-likeness (QED) is 0.266. The Morgan fingerprint density at radius 2 is 1.75 bits per heavy atom. The van der Waals surface area contributed by atoms with E-state index in [0.717, 1.165) is 21.7 Å². The van der Waals surface area contributed by atoms with E-state index in [9.17, 15) is 14.4 Å². The summed E-state index contributed by atoms with van der Waals surface area (Å²) in [6.45, 7) is 11.3. The van der Waals surface area contributed by atoms with Crippen molar-refractivity contribution in [3.05, 3.63) is 60.7 Å². The van der Waals surface area contributed by atoms with Gasteiger partial charge >= 0.3 is 12.1 Å². The number of nitrogens with one attached hydrogen (secondary N) is 1. The van der Waals surface area contributed by atoms with E-state index in [2.05, 4.69) is 11.9 Å². The first-order valence-corrected chi connectivity index (χ1v) is 13.6. The molecule has 1 aromatic heterocycles. The molecule has 1 unspecified atom stereocenters. The van der Waals surface area contributed by atoms with E-state index in [-0.39, 0.29) is 19.6 Å². The van der Waals surface area contributed by atoms with E-state index >= 15 is 0 Å². The third-order valence-electron chi connectivity index (χ3n) is 7.41. The minimum Gasteiger partial charge on any atom is -0.472 e. The smallest absolute Gasteiger partial charge is 0.411 e. The van der Waals surface area contributed by atoms with Crippen LogP contribution in [0.15, 0.2) is 60.7 Å². The molecule has 1 saturated heterocycles. The fourth-order valence-corrected chi connectivity index (χ4v) is 5.32. The molecule has 3 aromatic rings. The second-order valence-electron chi connectivity index (χ2n) is 11.3. The van der Waals surface area contributed by atoms with Gasteiger partial charge in [-0.2, -0.15) is 0 Å².